The summed E-state index contributed by atoms with van der Waals surface area (Å²) in [5, 5.41) is 4.82. The van der Waals surface area contributed by atoms with Gasteiger partial charge in [-0.25, -0.2) is 0 Å². The zero-order valence-electron chi connectivity index (χ0n) is 9.58. The number of aldehydes is 1. The molecule has 0 radical (unpaired) electrons. The third-order valence-electron chi connectivity index (χ3n) is 3.13. The maximum Gasteiger partial charge on any atom is 0.151 e. The Morgan fingerprint density at radius 3 is 1.95 bits per heavy atom. The molecule has 0 aliphatic rings. The molecule has 0 fully saturated rings. The van der Waals surface area contributed by atoms with Gasteiger partial charge in [-0.3, -0.25) is 4.79 Å². The van der Waals surface area contributed by atoms with E-state index in [9.17, 15) is 4.79 Å². The smallest absolute Gasteiger partial charge is 0.151 e. The van der Waals surface area contributed by atoms with Crippen molar-refractivity contribution >= 4 is 62.6 Å². The van der Waals surface area contributed by atoms with Crippen molar-refractivity contribution in [1.29, 1.82) is 0 Å². The average molecular weight is 310 g/mol. The highest BCUT2D eigenvalue weighted by molar-refractivity contribution is 6.43. The third kappa shape index (κ3) is 1.99. The van der Waals surface area contributed by atoms with E-state index in [1.54, 1.807) is 30.3 Å². The van der Waals surface area contributed by atoms with Crippen LogP contribution >= 0.6 is 34.8 Å². The number of benzene rings is 3. The van der Waals surface area contributed by atoms with Gasteiger partial charge >= 0.3 is 0 Å². The van der Waals surface area contributed by atoms with Crippen molar-refractivity contribution in [2.45, 2.75) is 0 Å². The molecule has 0 amide bonds. The first-order valence-electron chi connectivity index (χ1n) is 5.57. The van der Waals surface area contributed by atoms with Crippen LogP contribution in [0.1, 0.15) is 10.4 Å². The molecular weight excluding hydrogens is 303 g/mol. The summed E-state index contributed by atoms with van der Waals surface area (Å²) in [5.41, 5.74) is 0.577. The summed E-state index contributed by atoms with van der Waals surface area (Å²) in [7, 11) is 0. The van der Waals surface area contributed by atoms with Crippen molar-refractivity contribution in [3.63, 3.8) is 0 Å². The van der Waals surface area contributed by atoms with Gasteiger partial charge in [-0.1, -0.05) is 46.9 Å². The van der Waals surface area contributed by atoms with Crippen LogP contribution < -0.4 is 0 Å². The van der Waals surface area contributed by atoms with Gasteiger partial charge in [0.25, 0.3) is 0 Å². The summed E-state index contributed by atoms with van der Waals surface area (Å²) in [6.45, 7) is 0. The lowest BCUT2D eigenvalue weighted by atomic mass is 9.97. The summed E-state index contributed by atoms with van der Waals surface area (Å²) in [5.74, 6) is 0. The molecule has 3 rings (SSSR count). The monoisotopic (exact) mass is 308 g/mol. The van der Waals surface area contributed by atoms with E-state index in [1.807, 2.05) is 6.07 Å². The number of hydrogen-bond acceptors (Lipinski definition) is 1. The molecule has 1 nitrogen and oxygen atoms in total. The molecule has 0 heterocycles. The van der Waals surface area contributed by atoms with Crippen molar-refractivity contribution in [2.75, 3.05) is 0 Å². The Labute approximate surface area is 124 Å². The lowest BCUT2D eigenvalue weighted by Crippen LogP contribution is -1.89. The molecule has 0 atom stereocenters. The maximum absolute atomic E-state index is 11.4. The van der Waals surface area contributed by atoms with Gasteiger partial charge in [-0.15, -0.1) is 0 Å². The van der Waals surface area contributed by atoms with E-state index in [0.29, 0.717) is 20.6 Å². The van der Waals surface area contributed by atoms with Crippen molar-refractivity contribution < 1.29 is 4.79 Å². The molecule has 0 spiro atoms. The van der Waals surface area contributed by atoms with Crippen LogP contribution in [0.3, 0.4) is 0 Å². The van der Waals surface area contributed by atoms with Gasteiger partial charge in [0.1, 0.15) is 0 Å². The zero-order valence-corrected chi connectivity index (χ0v) is 11.9. The second-order valence-corrected chi connectivity index (χ2v) is 5.48. The van der Waals surface area contributed by atoms with Crippen molar-refractivity contribution in [2.24, 2.45) is 0 Å². The number of carbonyl (C=O) groups is 1. The fourth-order valence-electron chi connectivity index (χ4n) is 2.28. The van der Waals surface area contributed by atoms with Crippen LogP contribution in [0, 0.1) is 0 Å². The zero-order chi connectivity index (χ0) is 13.6. The quantitative estimate of drug-likeness (QED) is 0.412. The lowest BCUT2D eigenvalue weighted by Gasteiger charge is -2.10. The van der Waals surface area contributed by atoms with Gasteiger partial charge in [0, 0.05) is 26.4 Å². The molecule has 3 aromatic carbocycles. The number of halogens is 3. The molecular formula is C15H7Cl3O. The van der Waals surface area contributed by atoms with E-state index in [0.717, 1.165) is 27.8 Å². The Morgan fingerprint density at radius 2 is 1.32 bits per heavy atom. The molecule has 3 aromatic rings. The van der Waals surface area contributed by atoms with Crippen LogP contribution in [0.5, 0.6) is 0 Å². The first kappa shape index (κ1) is 12.7. The molecule has 0 aromatic heterocycles. The van der Waals surface area contributed by atoms with Crippen LogP contribution in [0.2, 0.25) is 15.1 Å². The van der Waals surface area contributed by atoms with Crippen LogP contribution in [-0.2, 0) is 0 Å². The minimum absolute atomic E-state index is 0.569. The number of carbonyl (C=O) groups excluding carboxylic acids is 1. The fourth-order valence-corrected chi connectivity index (χ4v) is 2.95. The highest BCUT2D eigenvalue weighted by atomic mass is 35.5. The minimum atomic E-state index is 0.569. The van der Waals surface area contributed by atoms with Crippen LogP contribution in [0.25, 0.3) is 21.5 Å². The second-order valence-electron chi connectivity index (χ2n) is 4.23. The molecule has 0 saturated heterocycles. The molecule has 0 aliphatic heterocycles. The number of hydrogen-bond donors (Lipinski definition) is 0. The molecule has 0 bridgehead atoms. The summed E-state index contributed by atoms with van der Waals surface area (Å²) in [6.07, 6.45) is 0.825. The van der Waals surface area contributed by atoms with E-state index >= 15 is 0 Å². The normalized spacial score (nSPS) is 11.1. The topological polar surface area (TPSA) is 17.1 Å². The molecule has 94 valence electrons. The van der Waals surface area contributed by atoms with Crippen LogP contribution in [0.4, 0.5) is 0 Å². The second kappa shape index (κ2) is 4.68. The van der Waals surface area contributed by atoms with Crippen molar-refractivity contribution in [3.8, 4) is 0 Å². The molecule has 0 N–H and O–H groups in total. The van der Waals surface area contributed by atoms with Gasteiger partial charge in [0.15, 0.2) is 6.29 Å². The largest absolute Gasteiger partial charge is 0.298 e. The highest BCUT2D eigenvalue weighted by Gasteiger charge is 2.12. The lowest BCUT2D eigenvalue weighted by molar-refractivity contribution is 0.112. The van der Waals surface area contributed by atoms with Gasteiger partial charge in [-0.05, 0) is 35.0 Å². The molecule has 19 heavy (non-hydrogen) atoms. The molecule has 0 unspecified atom stereocenters. The number of rotatable bonds is 1. The first-order valence-corrected chi connectivity index (χ1v) is 6.70. The van der Waals surface area contributed by atoms with E-state index in [1.165, 1.54) is 0 Å². The maximum atomic E-state index is 11.4. The summed E-state index contributed by atoms with van der Waals surface area (Å²) >= 11 is 18.4. The van der Waals surface area contributed by atoms with E-state index in [4.69, 9.17) is 34.8 Å². The SMILES string of the molecule is O=Cc1c2ccc(Cl)cc2c(Cl)c2ccc(Cl)cc12. The van der Waals surface area contributed by atoms with Crippen LogP contribution in [0.15, 0.2) is 36.4 Å². The van der Waals surface area contributed by atoms with Gasteiger partial charge < -0.3 is 0 Å². The van der Waals surface area contributed by atoms with Crippen molar-refractivity contribution in [1.82, 2.24) is 0 Å². The summed E-state index contributed by atoms with van der Waals surface area (Å²) < 4.78 is 0. The van der Waals surface area contributed by atoms with E-state index in [2.05, 4.69) is 0 Å². The first-order chi connectivity index (χ1) is 9.11. The predicted molar refractivity (Wildman–Crippen MR) is 81.9 cm³/mol. The Kier molecular flexibility index (Phi) is 3.14. The average Bonchev–Trinajstić information content (AvgIpc) is 2.40. The van der Waals surface area contributed by atoms with E-state index < -0.39 is 0 Å². The third-order valence-corrected chi connectivity index (χ3v) is 4.01. The Morgan fingerprint density at radius 1 is 0.737 bits per heavy atom. The molecule has 4 heteroatoms. The van der Waals surface area contributed by atoms with Crippen molar-refractivity contribution in [3.05, 3.63) is 57.0 Å². The molecule has 0 saturated carbocycles. The highest BCUT2D eigenvalue weighted by Crippen LogP contribution is 2.37. The summed E-state index contributed by atoms with van der Waals surface area (Å²) in [4.78, 5) is 11.4. The Hall–Kier alpha value is -1.28. The summed E-state index contributed by atoms with van der Waals surface area (Å²) in [6, 6.07) is 10.6. The van der Waals surface area contributed by atoms with Gasteiger partial charge in [0.2, 0.25) is 0 Å². The number of fused-ring (bicyclic) bond motifs is 2. The minimum Gasteiger partial charge on any atom is -0.298 e. The van der Waals surface area contributed by atoms with Gasteiger partial charge in [0.05, 0.1) is 5.02 Å². The van der Waals surface area contributed by atoms with E-state index in [-0.39, 0.29) is 0 Å². The Balaban J connectivity index is 2.63. The molecule has 0 aliphatic carbocycles. The standard InChI is InChI=1S/C15H7Cl3O/c16-8-2-4-11-12(5-8)14(7-19)10-3-1-9(17)6-13(10)15(11)18/h1-7H. The predicted octanol–water partition coefficient (Wildman–Crippen LogP) is 5.77. The van der Waals surface area contributed by atoms with Crippen LogP contribution in [-0.4, -0.2) is 6.29 Å². The Bertz CT molecular complexity index is 825. The fraction of sp³-hybridized carbons (Fsp3) is 0. The van der Waals surface area contributed by atoms with Gasteiger partial charge in [-0.2, -0.15) is 0 Å².